The maximum Gasteiger partial charge on any atom is 0.280 e. The molecule has 114 valence electrons. The van der Waals surface area contributed by atoms with Crippen molar-refractivity contribution >= 4 is 33.0 Å². The molecular weight excluding hydrogens is 353 g/mol. The predicted molar refractivity (Wildman–Crippen MR) is 73.3 cm³/mol. The van der Waals surface area contributed by atoms with Gasteiger partial charge in [0, 0.05) is 0 Å². The van der Waals surface area contributed by atoms with Crippen LogP contribution in [0.3, 0.4) is 0 Å². The minimum absolute atomic E-state index is 0.00816. The second-order valence-electron chi connectivity index (χ2n) is 4.60. The van der Waals surface area contributed by atoms with Crippen molar-refractivity contribution in [1.82, 2.24) is 19.5 Å². The Bertz CT molecular complexity index is 745. The van der Waals surface area contributed by atoms with E-state index in [-0.39, 0.29) is 21.8 Å². The van der Waals surface area contributed by atoms with Crippen LogP contribution < -0.4 is 11.3 Å². The third-order valence-corrected chi connectivity index (χ3v) is 3.86. The van der Waals surface area contributed by atoms with Gasteiger partial charge < -0.3 is 25.8 Å². The van der Waals surface area contributed by atoms with Crippen molar-refractivity contribution in [1.29, 1.82) is 0 Å². The highest BCUT2D eigenvalue weighted by atomic mass is 79.9. The molecule has 1 aliphatic rings. The third kappa shape index (κ3) is 2.13. The number of H-pyrrole nitrogens is 1. The molecule has 1 unspecified atom stereocenters. The van der Waals surface area contributed by atoms with E-state index in [9.17, 15) is 15.0 Å². The van der Waals surface area contributed by atoms with Crippen molar-refractivity contribution in [2.45, 2.75) is 24.5 Å². The topological polar surface area (TPSA) is 160 Å². The van der Waals surface area contributed by atoms with Gasteiger partial charge in [0.25, 0.3) is 5.56 Å². The number of anilines is 1. The number of aliphatic hydroxyl groups is 3. The summed E-state index contributed by atoms with van der Waals surface area (Å²) in [6.07, 6.45) is -4.61. The van der Waals surface area contributed by atoms with Gasteiger partial charge in [0.1, 0.15) is 18.3 Å². The zero-order chi connectivity index (χ0) is 15.3. The second kappa shape index (κ2) is 5.03. The molecule has 11 heteroatoms. The van der Waals surface area contributed by atoms with E-state index in [1.54, 1.807) is 0 Å². The molecule has 2 aromatic rings. The van der Waals surface area contributed by atoms with Gasteiger partial charge in [0.05, 0.1) is 6.61 Å². The normalized spacial score (nSPS) is 29.3. The van der Waals surface area contributed by atoms with Crippen LogP contribution in [0.1, 0.15) is 6.23 Å². The molecule has 6 N–H and O–H groups in total. The Hall–Kier alpha value is -1.53. The lowest BCUT2D eigenvalue weighted by molar-refractivity contribution is -0.0521. The van der Waals surface area contributed by atoms with Gasteiger partial charge >= 0.3 is 0 Å². The number of ether oxygens (including phenoxy) is 1. The number of hydrogen-bond acceptors (Lipinski definition) is 8. The van der Waals surface area contributed by atoms with Crippen LogP contribution in [0.25, 0.3) is 11.2 Å². The summed E-state index contributed by atoms with van der Waals surface area (Å²) in [5, 5.41) is 29.0. The lowest BCUT2D eigenvalue weighted by Crippen LogP contribution is -2.33. The number of imidazole rings is 1. The van der Waals surface area contributed by atoms with Gasteiger partial charge in [-0.3, -0.25) is 14.3 Å². The Morgan fingerprint density at radius 2 is 2.10 bits per heavy atom. The molecule has 0 radical (unpaired) electrons. The summed E-state index contributed by atoms with van der Waals surface area (Å²) in [4.78, 5) is 22.0. The van der Waals surface area contributed by atoms with Crippen molar-refractivity contribution < 1.29 is 20.1 Å². The largest absolute Gasteiger partial charge is 0.394 e. The molecule has 0 bridgehead atoms. The summed E-state index contributed by atoms with van der Waals surface area (Å²) in [7, 11) is 0. The second-order valence-corrected chi connectivity index (χ2v) is 5.31. The minimum atomic E-state index is -1.32. The van der Waals surface area contributed by atoms with Crippen LogP contribution in [0, 0.1) is 0 Å². The number of nitrogens with one attached hydrogen (secondary N) is 1. The Morgan fingerprint density at radius 1 is 1.38 bits per heavy atom. The van der Waals surface area contributed by atoms with Gasteiger partial charge in [-0.05, 0) is 15.9 Å². The summed E-state index contributed by atoms with van der Waals surface area (Å²) in [5.74, 6) is -0.118. The lowest BCUT2D eigenvalue weighted by Gasteiger charge is -2.17. The SMILES string of the molecule is [15NH2][13c]1nc2c(nc(Br)n2[C@@H]2O[C@H](CO)C(O)[C@@H]2O)c(=O)[15nH]1. The number of fused-ring (bicyclic) bond motifs is 1. The Balaban J connectivity index is 2.17. The summed E-state index contributed by atoms with van der Waals surface area (Å²) >= 11 is 3.15. The summed E-state index contributed by atoms with van der Waals surface area (Å²) in [6, 6.07) is 0. The van der Waals surface area contributed by atoms with E-state index < -0.39 is 36.7 Å². The van der Waals surface area contributed by atoms with Crippen molar-refractivity contribution in [3.8, 4) is 0 Å². The van der Waals surface area contributed by atoms with E-state index in [4.69, 9.17) is 15.6 Å². The highest BCUT2D eigenvalue weighted by Gasteiger charge is 2.44. The van der Waals surface area contributed by atoms with Crippen LogP contribution in [0.15, 0.2) is 9.53 Å². The Labute approximate surface area is 125 Å². The molecule has 1 aliphatic heterocycles. The molecule has 0 aliphatic carbocycles. The maximum absolute atomic E-state index is 11.8. The first kappa shape index (κ1) is 14.4. The van der Waals surface area contributed by atoms with Crippen LogP contribution in [-0.4, -0.2) is 59.8 Å². The molecule has 0 saturated carbocycles. The highest BCUT2D eigenvalue weighted by Crippen LogP contribution is 2.33. The number of nitrogens with zero attached hydrogens (tertiary/aromatic N) is 3. The zero-order valence-corrected chi connectivity index (χ0v) is 12.1. The van der Waals surface area contributed by atoms with Crippen LogP contribution in [-0.2, 0) is 4.74 Å². The number of rotatable bonds is 2. The van der Waals surface area contributed by atoms with E-state index in [0.29, 0.717) is 0 Å². The van der Waals surface area contributed by atoms with Gasteiger partial charge in [0.15, 0.2) is 22.1 Å². The van der Waals surface area contributed by atoms with Gasteiger partial charge in [-0.15, -0.1) is 0 Å². The third-order valence-electron chi connectivity index (χ3n) is 3.30. The molecule has 10 nitrogen and oxygen atoms in total. The Morgan fingerprint density at radius 3 is 2.71 bits per heavy atom. The molecule has 1 fully saturated rings. The molecule has 0 aromatic carbocycles. The van der Waals surface area contributed by atoms with Crippen LogP contribution in [0.5, 0.6) is 0 Å². The predicted octanol–water partition coefficient (Wildman–Crippen LogP) is -1.92. The smallest absolute Gasteiger partial charge is 0.280 e. The maximum atomic E-state index is 11.8. The van der Waals surface area contributed by atoms with Crippen LogP contribution >= 0.6 is 15.9 Å². The average Bonchev–Trinajstić information content (AvgIpc) is 2.89. The number of aliphatic hydroxyl groups excluding tert-OH is 3. The van der Waals surface area contributed by atoms with Crippen molar-refractivity contribution in [3.63, 3.8) is 0 Å². The molecule has 2 aromatic heterocycles. The van der Waals surface area contributed by atoms with Crippen molar-refractivity contribution in [3.05, 3.63) is 15.1 Å². The van der Waals surface area contributed by atoms with Gasteiger partial charge in [0.2, 0.25) is 5.95 Å². The number of nitrogen functional groups attached to an aromatic ring is 1. The quantitative estimate of drug-likeness (QED) is 0.304. The number of aromatic nitrogens is 4. The minimum Gasteiger partial charge on any atom is -0.394 e. The molecule has 0 spiro atoms. The number of hydrogen-bond donors (Lipinski definition) is 5. The highest BCUT2D eigenvalue weighted by molar-refractivity contribution is 9.10. The summed E-state index contributed by atoms with van der Waals surface area (Å²) in [6.45, 7) is -0.463. The van der Waals surface area contributed by atoms with E-state index in [1.807, 2.05) is 0 Å². The van der Waals surface area contributed by atoms with Crippen LogP contribution in [0.2, 0.25) is 0 Å². The first-order valence-corrected chi connectivity index (χ1v) is 6.79. The van der Waals surface area contributed by atoms with Gasteiger partial charge in [-0.25, -0.2) is 4.98 Å². The first-order valence-electron chi connectivity index (χ1n) is 5.99. The molecule has 21 heavy (non-hydrogen) atoms. The van der Waals surface area contributed by atoms with Crippen molar-refractivity contribution in [2.24, 2.45) is 0 Å². The summed E-state index contributed by atoms with van der Waals surface area (Å²) < 4.78 is 6.87. The molecule has 3 rings (SSSR count). The lowest BCUT2D eigenvalue weighted by atomic mass is 10.1. The number of aromatic amines is 1. The van der Waals surface area contributed by atoms with Gasteiger partial charge in [-0.1, -0.05) is 0 Å². The van der Waals surface area contributed by atoms with E-state index in [0.717, 1.165) is 0 Å². The standard InChI is InChI=1S/C10H12BrN5O5/c11-9-13-3-6(14-10(12)15-7(3)20)16(9)8-5(19)4(18)2(1-17)21-8/h2,4-5,8,17-19H,1H2,(H3,12,14,15,20)/t2-,4?,5+,8-/m1/s1/i10+1,12+1,15+1. The van der Waals surface area contributed by atoms with E-state index >= 15 is 0 Å². The Kier molecular flexibility index (Phi) is 3.45. The average molecular weight is 365 g/mol. The van der Waals surface area contributed by atoms with Gasteiger partial charge in [-0.2, -0.15) is 4.98 Å². The molecule has 0 amide bonds. The first-order chi connectivity index (χ1) is 9.93. The molecule has 1 saturated heterocycles. The fourth-order valence-corrected chi connectivity index (χ4v) is 2.84. The fraction of sp³-hybridized carbons (Fsp3) is 0.500. The fourth-order valence-electron chi connectivity index (χ4n) is 2.29. The van der Waals surface area contributed by atoms with Crippen LogP contribution in [0.4, 0.5) is 5.95 Å². The molecular formula is C10H12BrN5O5. The van der Waals surface area contributed by atoms with E-state index in [2.05, 4.69) is 30.9 Å². The summed E-state index contributed by atoms with van der Waals surface area (Å²) in [5.41, 5.74) is 5.07. The zero-order valence-electron chi connectivity index (χ0n) is 10.5. The monoisotopic (exact) mass is 364 g/mol. The molecule has 4 atom stereocenters. The van der Waals surface area contributed by atoms with E-state index in [1.165, 1.54) is 4.57 Å². The van der Waals surface area contributed by atoms with Crippen molar-refractivity contribution in [2.75, 3.05) is 12.3 Å². The number of nitrogens with two attached hydrogens (primary N) is 1. The molecule has 3 heterocycles. The number of halogens is 1.